The van der Waals surface area contributed by atoms with Crippen LogP contribution in [0.3, 0.4) is 0 Å². The first-order chi connectivity index (χ1) is 9.58. The van der Waals surface area contributed by atoms with Gasteiger partial charge in [0.05, 0.1) is 0 Å². The Morgan fingerprint density at radius 1 is 0.667 bits per heavy atom. The van der Waals surface area contributed by atoms with Gasteiger partial charge in [0, 0.05) is 0 Å². The van der Waals surface area contributed by atoms with E-state index in [4.69, 9.17) is 9.59 Å². The third kappa shape index (κ3) is 6.18. The summed E-state index contributed by atoms with van der Waals surface area (Å²) in [5, 5.41) is 0. The molecule has 0 heterocycles. The zero-order valence-electron chi connectivity index (χ0n) is 12.6. The summed E-state index contributed by atoms with van der Waals surface area (Å²) in [7, 11) is 0. The van der Waals surface area contributed by atoms with Gasteiger partial charge in [0.2, 0.25) is 0 Å². The monoisotopic (exact) mass is 461 g/mol. The van der Waals surface area contributed by atoms with Gasteiger partial charge in [-0.2, -0.15) is 36.4 Å². The summed E-state index contributed by atoms with van der Waals surface area (Å²) in [6, 6.07) is 15.1. The summed E-state index contributed by atoms with van der Waals surface area (Å²) in [6.07, 6.45) is 0. The molecule has 0 fully saturated rings. The van der Waals surface area contributed by atoms with Crippen LogP contribution in [0.2, 0.25) is 0 Å². The SMILES string of the molecule is Cc1c[c-]c(-c2[c-]cc(C)c(C)c2)cc1C.[CH-]=O.[CH-]=O.[Pt+4]. The Morgan fingerprint density at radius 3 is 1.19 bits per heavy atom. The molecular weight excluding hydrogens is 443 g/mol. The molecule has 0 amide bonds. The first-order valence-corrected chi connectivity index (χ1v) is 6.03. The van der Waals surface area contributed by atoms with E-state index in [0.717, 1.165) is 11.1 Å². The molecule has 0 aliphatic carbocycles. The van der Waals surface area contributed by atoms with Crippen LogP contribution in [0.5, 0.6) is 0 Å². The van der Waals surface area contributed by atoms with E-state index in [1.54, 1.807) is 0 Å². The molecule has 0 aliphatic rings. The maximum atomic E-state index is 7.75. The molecule has 2 aromatic rings. The van der Waals surface area contributed by atoms with Crippen molar-refractivity contribution < 1.29 is 30.7 Å². The standard InChI is InChI=1S/C16H16.2CHO.Pt/c1-11-5-7-15(9-13(11)3)16-8-6-12(2)14(4)10-16;2*1-2;/h5-6,9-10H,1-4H3;2*1H;/q-2;2*-1;+4. The first kappa shape index (κ1) is 21.8. The first-order valence-electron chi connectivity index (χ1n) is 6.03. The zero-order chi connectivity index (χ0) is 15.7. The third-order valence-corrected chi connectivity index (χ3v) is 3.14. The zero-order valence-corrected chi connectivity index (χ0v) is 14.9. The molecule has 21 heavy (non-hydrogen) atoms. The average Bonchev–Trinajstić information content (AvgIpc) is 2.49. The fourth-order valence-electron chi connectivity index (χ4n) is 1.65. The van der Waals surface area contributed by atoms with Crippen molar-refractivity contribution in [2.24, 2.45) is 0 Å². The molecule has 0 aliphatic heterocycles. The maximum Gasteiger partial charge on any atom is 4.00 e. The predicted octanol–water partition coefficient (Wildman–Crippen LogP) is 3.64. The van der Waals surface area contributed by atoms with E-state index >= 15 is 0 Å². The van der Waals surface area contributed by atoms with Gasteiger partial charge in [0.15, 0.2) is 0 Å². The van der Waals surface area contributed by atoms with Crippen LogP contribution in [0.4, 0.5) is 0 Å². The van der Waals surface area contributed by atoms with Gasteiger partial charge in [-0.05, 0) is 0 Å². The van der Waals surface area contributed by atoms with Crippen LogP contribution in [0, 0.1) is 39.8 Å². The number of benzene rings is 2. The second-order valence-electron chi connectivity index (χ2n) is 4.43. The summed E-state index contributed by atoms with van der Waals surface area (Å²) in [6.45, 7) is 15.0. The second-order valence-corrected chi connectivity index (χ2v) is 4.43. The van der Waals surface area contributed by atoms with Crippen LogP contribution >= 0.6 is 0 Å². The largest absolute Gasteiger partial charge is 4.00 e. The van der Waals surface area contributed by atoms with Gasteiger partial charge in [-0.3, -0.25) is 13.6 Å². The third-order valence-electron chi connectivity index (χ3n) is 3.14. The van der Waals surface area contributed by atoms with Crippen molar-refractivity contribution >= 4 is 13.6 Å². The molecule has 0 atom stereocenters. The predicted molar refractivity (Wildman–Crippen MR) is 82.0 cm³/mol. The molecule has 0 saturated heterocycles. The van der Waals surface area contributed by atoms with Crippen molar-refractivity contribution in [3.63, 3.8) is 0 Å². The number of hydrogen-bond donors (Lipinski definition) is 0. The molecule has 3 heteroatoms. The summed E-state index contributed by atoms with van der Waals surface area (Å²) < 4.78 is 0. The molecule has 2 rings (SSSR count). The Labute approximate surface area is 141 Å². The van der Waals surface area contributed by atoms with Crippen LogP contribution in [0.15, 0.2) is 24.3 Å². The number of aryl methyl sites for hydroxylation is 4. The van der Waals surface area contributed by atoms with E-state index in [1.165, 1.54) is 22.3 Å². The molecule has 2 aromatic carbocycles. The maximum absolute atomic E-state index is 7.75. The second kappa shape index (κ2) is 11.2. The Morgan fingerprint density at radius 2 is 0.952 bits per heavy atom. The van der Waals surface area contributed by atoms with E-state index < -0.39 is 0 Å². The minimum atomic E-state index is 0. The molecule has 0 spiro atoms. The van der Waals surface area contributed by atoms with Crippen molar-refractivity contribution in [1.82, 2.24) is 0 Å². The van der Waals surface area contributed by atoms with E-state index in [9.17, 15) is 0 Å². The van der Waals surface area contributed by atoms with Gasteiger partial charge in [0.25, 0.3) is 0 Å². The number of hydrogen-bond acceptors (Lipinski definition) is 2. The molecule has 0 radical (unpaired) electrons. The molecule has 0 bridgehead atoms. The smallest absolute Gasteiger partial charge is 0.545 e. The van der Waals surface area contributed by atoms with Crippen LogP contribution in [-0.2, 0) is 30.7 Å². The van der Waals surface area contributed by atoms with E-state index in [2.05, 4.69) is 65.5 Å². The Hall–Kier alpha value is -1.53. The van der Waals surface area contributed by atoms with Crippen molar-refractivity contribution in [2.45, 2.75) is 27.7 Å². The van der Waals surface area contributed by atoms with Crippen LogP contribution in [-0.4, -0.2) is 13.6 Å². The van der Waals surface area contributed by atoms with Gasteiger partial charge < -0.3 is 9.59 Å². The van der Waals surface area contributed by atoms with E-state index in [0.29, 0.717) is 0 Å². The van der Waals surface area contributed by atoms with Crippen LogP contribution in [0.25, 0.3) is 11.1 Å². The topological polar surface area (TPSA) is 34.1 Å². The minimum absolute atomic E-state index is 0. The van der Waals surface area contributed by atoms with Gasteiger partial charge in [0.1, 0.15) is 0 Å². The van der Waals surface area contributed by atoms with Crippen LogP contribution < -0.4 is 0 Å². The molecule has 0 N–H and O–H groups in total. The van der Waals surface area contributed by atoms with Crippen LogP contribution in [0.1, 0.15) is 22.3 Å². The molecule has 112 valence electrons. The number of rotatable bonds is 1. The fraction of sp³-hybridized carbons (Fsp3) is 0.222. The van der Waals surface area contributed by atoms with Gasteiger partial charge in [-0.25, -0.2) is 11.1 Å². The van der Waals surface area contributed by atoms with Crippen molar-refractivity contribution in [3.05, 3.63) is 58.7 Å². The quantitative estimate of drug-likeness (QED) is 0.480. The van der Waals surface area contributed by atoms with Gasteiger partial charge in [-0.1, -0.05) is 27.7 Å². The Kier molecular flexibility index (Phi) is 11.6. The number of carbonyl (C=O) groups excluding carboxylic acids is 2. The molecule has 0 aromatic heterocycles. The molecule has 0 unspecified atom stereocenters. The van der Waals surface area contributed by atoms with Crippen molar-refractivity contribution in [2.75, 3.05) is 0 Å². The molecular formula is C18H18O2Pt. The molecule has 2 nitrogen and oxygen atoms in total. The Balaban J connectivity index is 0. The van der Waals surface area contributed by atoms with Crippen molar-refractivity contribution in [1.29, 1.82) is 0 Å². The minimum Gasteiger partial charge on any atom is -0.545 e. The normalized spacial score (nSPS) is 8.38. The molecule has 0 saturated carbocycles. The van der Waals surface area contributed by atoms with E-state index in [-0.39, 0.29) is 21.1 Å². The Bertz CT molecular complexity index is 514. The van der Waals surface area contributed by atoms with Gasteiger partial charge in [-0.15, -0.1) is 22.3 Å². The summed E-state index contributed by atoms with van der Waals surface area (Å²) >= 11 is 0. The van der Waals surface area contributed by atoms with Crippen molar-refractivity contribution in [3.8, 4) is 11.1 Å². The summed E-state index contributed by atoms with van der Waals surface area (Å²) in [5.41, 5.74) is 7.44. The van der Waals surface area contributed by atoms with E-state index in [1.807, 2.05) is 12.1 Å². The van der Waals surface area contributed by atoms with Gasteiger partial charge >= 0.3 is 21.1 Å². The summed E-state index contributed by atoms with van der Waals surface area (Å²) in [5.74, 6) is 0. The summed E-state index contributed by atoms with van der Waals surface area (Å²) in [4.78, 5) is 15.5. The fourth-order valence-corrected chi connectivity index (χ4v) is 1.65. The average molecular weight is 461 g/mol.